The Kier molecular flexibility index (Phi) is 4.15. The Balaban J connectivity index is 2.96. The second-order valence-electron chi connectivity index (χ2n) is 4.17. The molecule has 1 aromatic rings. The second-order valence-corrected chi connectivity index (χ2v) is 4.17. The molecule has 0 bridgehead atoms. The molecule has 0 aliphatic rings. The van der Waals surface area contributed by atoms with Gasteiger partial charge in [0, 0.05) is 11.6 Å². The fourth-order valence-electron chi connectivity index (χ4n) is 1.42. The van der Waals surface area contributed by atoms with Crippen molar-refractivity contribution >= 4 is 0 Å². The van der Waals surface area contributed by atoms with E-state index in [1.165, 1.54) is 5.56 Å². The molecule has 0 amide bonds. The third-order valence-corrected chi connectivity index (χ3v) is 2.56. The van der Waals surface area contributed by atoms with Gasteiger partial charge in [0.15, 0.2) is 0 Å². The summed E-state index contributed by atoms with van der Waals surface area (Å²) in [6.45, 7) is 8.24. The van der Waals surface area contributed by atoms with Crippen molar-refractivity contribution in [1.82, 2.24) is 0 Å². The van der Waals surface area contributed by atoms with Crippen LogP contribution in [0.5, 0.6) is 5.75 Å². The molecule has 1 rings (SSSR count). The van der Waals surface area contributed by atoms with Crippen LogP contribution in [0.25, 0.3) is 0 Å². The van der Waals surface area contributed by atoms with Crippen molar-refractivity contribution in [2.45, 2.75) is 46.3 Å². The van der Waals surface area contributed by atoms with Crippen molar-refractivity contribution in [2.24, 2.45) is 5.73 Å². The maximum Gasteiger partial charge on any atom is 0.124 e. The van der Waals surface area contributed by atoms with Gasteiger partial charge in [0.2, 0.25) is 0 Å². The Hall–Kier alpha value is -1.02. The Morgan fingerprint density at radius 3 is 2.53 bits per heavy atom. The molecule has 1 aromatic carbocycles. The first-order valence-electron chi connectivity index (χ1n) is 5.57. The lowest BCUT2D eigenvalue weighted by Gasteiger charge is -2.18. The van der Waals surface area contributed by atoms with Crippen molar-refractivity contribution in [3.8, 4) is 5.75 Å². The van der Waals surface area contributed by atoms with Crippen LogP contribution in [0.15, 0.2) is 18.2 Å². The van der Waals surface area contributed by atoms with E-state index in [1.807, 2.05) is 6.92 Å². The van der Waals surface area contributed by atoms with Crippen LogP contribution in [0.4, 0.5) is 0 Å². The van der Waals surface area contributed by atoms with Crippen molar-refractivity contribution in [1.29, 1.82) is 0 Å². The van der Waals surface area contributed by atoms with Crippen LogP contribution in [0.1, 0.15) is 44.4 Å². The molecular weight excluding hydrogens is 186 g/mol. The van der Waals surface area contributed by atoms with Crippen LogP contribution in [0, 0.1) is 6.92 Å². The molecule has 0 fully saturated rings. The number of aryl methyl sites for hydroxylation is 1. The van der Waals surface area contributed by atoms with Gasteiger partial charge in [0.1, 0.15) is 5.75 Å². The number of hydrogen-bond donors (Lipinski definition) is 1. The zero-order valence-corrected chi connectivity index (χ0v) is 10.1. The Labute approximate surface area is 92.4 Å². The van der Waals surface area contributed by atoms with E-state index in [9.17, 15) is 0 Å². The molecule has 2 heteroatoms. The highest BCUT2D eigenvalue weighted by Crippen LogP contribution is 2.26. The first kappa shape index (κ1) is 12.1. The molecule has 0 aromatic heterocycles. The van der Waals surface area contributed by atoms with Gasteiger partial charge in [-0.3, -0.25) is 0 Å². The van der Waals surface area contributed by atoms with E-state index >= 15 is 0 Å². The van der Waals surface area contributed by atoms with Crippen molar-refractivity contribution in [3.05, 3.63) is 29.3 Å². The minimum Gasteiger partial charge on any atom is -0.490 e. The van der Waals surface area contributed by atoms with Gasteiger partial charge in [-0.2, -0.15) is 0 Å². The SMILES string of the molecule is CCC(C)Oc1cc(C)ccc1[C@@H](C)N. The summed E-state index contributed by atoms with van der Waals surface area (Å²) in [6.07, 6.45) is 1.25. The number of rotatable bonds is 4. The maximum atomic E-state index is 5.90. The van der Waals surface area contributed by atoms with Crippen molar-refractivity contribution in [3.63, 3.8) is 0 Å². The first-order valence-corrected chi connectivity index (χ1v) is 5.57. The highest BCUT2D eigenvalue weighted by Gasteiger charge is 2.10. The average Bonchev–Trinajstić information content (AvgIpc) is 2.17. The van der Waals surface area contributed by atoms with Gasteiger partial charge in [-0.25, -0.2) is 0 Å². The second kappa shape index (κ2) is 5.17. The molecule has 0 aliphatic carbocycles. The number of nitrogens with two attached hydrogens (primary N) is 1. The van der Waals surface area contributed by atoms with Crippen LogP contribution in [0.2, 0.25) is 0 Å². The summed E-state index contributed by atoms with van der Waals surface area (Å²) in [5.41, 5.74) is 8.19. The smallest absolute Gasteiger partial charge is 0.124 e. The molecule has 15 heavy (non-hydrogen) atoms. The largest absolute Gasteiger partial charge is 0.490 e. The minimum absolute atomic E-state index is 0.0182. The number of benzene rings is 1. The summed E-state index contributed by atoms with van der Waals surface area (Å²) >= 11 is 0. The fraction of sp³-hybridized carbons (Fsp3) is 0.538. The van der Waals surface area contributed by atoms with Crippen LogP contribution >= 0.6 is 0 Å². The van der Waals surface area contributed by atoms with Crippen molar-refractivity contribution < 1.29 is 4.74 Å². The third kappa shape index (κ3) is 3.24. The summed E-state index contributed by atoms with van der Waals surface area (Å²) in [7, 11) is 0. The third-order valence-electron chi connectivity index (χ3n) is 2.56. The predicted octanol–water partition coefficient (Wildman–Crippen LogP) is 3.19. The summed E-state index contributed by atoms with van der Waals surface area (Å²) in [5, 5.41) is 0. The standard InChI is InChI=1S/C13H21NO/c1-5-10(3)15-13-8-9(2)6-7-12(13)11(4)14/h6-8,10-11H,5,14H2,1-4H3/t10?,11-/m1/s1. The van der Waals surface area contributed by atoms with E-state index in [-0.39, 0.29) is 12.1 Å². The quantitative estimate of drug-likeness (QED) is 0.823. The molecular formula is C13H21NO. The zero-order chi connectivity index (χ0) is 11.4. The first-order chi connectivity index (χ1) is 7.04. The monoisotopic (exact) mass is 207 g/mol. The summed E-state index contributed by atoms with van der Waals surface area (Å²) in [6, 6.07) is 6.20. The normalized spacial score (nSPS) is 14.7. The van der Waals surface area contributed by atoms with Crippen LogP contribution in [0.3, 0.4) is 0 Å². The van der Waals surface area contributed by atoms with Gasteiger partial charge >= 0.3 is 0 Å². The van der Waals surface area contributed by atoms with E-state index in [0.717, 1.165) is 17.7 Å². The summed E-state index contributed by atoms with van der Waals surface area (Å²) < 4.78 is 5.86. The number of ether oxygens (including phenoxy) is 1. The van der Waals surface area contributed by atoms with E-state index in [2.05, 4.69) is 39.0 Å². The van der Waals surface area contributed by atoms with E-state index in [0.29, 0.717) is 0 Å². The van der Waals surface area contributed by atoms with Gasteiger partial charge in [0.05, 0.1) is 6.10 Å². The van der Waals surface area contributed by atoms with Crippen molar-refractivity contribution in [2.75, 3.05) is 0 Å². The average molecular weight is 207 g/mol. The fourth-order valence-corrected chi connectivity index (χ4v) is 1.42. The molecule has 0 aliphatic heterocycles. The summed E-state index contributed by atoms with van der Waals surface area (Å²) in [5.74, 6) is 0.930. The Morgan fingerprint density at radius 2 is 2.00 bits per heavy atom. The topological polar surface area (TPSA) is 35.2 Å². The van der Waals surface area contributed by atoms with Gasteiger partial charge < -0.3 is 10.5 Å². The molecule has 0 saturated heterocycles. The summed E-state index contributed by atoms with van der Waals surface area (Å²) in [4.78, 5) is 0. The highest BCUT2D eigenvalue weighted by atomic mass is 16.5. The Bertz CT molecular complexity index is 320. The van der Waals surface area contributed by atoms with Crippen LogP contribution in [-0.4, -0.2) is 6.10 Å². The van der Waals surface area contributed by atoms with E-state index in [4.69, 9.17) is 10.5 Å². The minimum atomic E-state index is 0.0182. The molecule has 1 unspecified atom stereocenters. The van der Waals surface area contributed by atoms with Crippen LogP contribution in [-0.2, 0) is 0 Å². The highest BCUT2D eigenvalue weighted by molar-refractivity contribution is 5.39. The maximum absolute atomic E-state index is 5.90. The van der Waals surface area contributed by atoms with Crippen LogP contribution < -0.4 is 10.5 Å². The van der Waals surface area contributed by atoms with E-state index < -0.39 is 0 Å². The molecule has 2 nitrogen and oxygen atoms in total. The van der Waals surface area contributed by atoms with Gasteiger partial charge in [-0.15, -0.1) is 0 Å². The lowest BCUT2D eigenvalue weighted by atomic mass is 10.1. The zero-order valence-electron chi connectivity index (χ0n) is 10.1. The lowest BCUT2D eigenvalue weighted by molar-refractivity contribution is 0.214. The molecule has 0 radical (unpaired) electrons. The lowest BCUT2D eigenvalue weighted by Crippen LogP contribution is -2.14. The molecule has 2 atom stereocenters. The van der Waals surface area contributed by atoms with Gasteiger partial charge in [0.25, 0.3) is 0 Å². The number of hydrogen-bond acceptors (Lipinski definition) is 2. The van der Waals surface area contributed by atoms with Gasteiger partial charge in [-0.1, -0.05) is 19.1 Å². The van der Waals surface area contributed by atoms with Gasteiger partial charge in [-0.05, 0) is 38.8 Å². The molecule has 84 valence electrons. The van der Waals surface area contributed by atoms with E-state index in [1.54, 1.807) is 0 Å². The molecule has 0 saturated carbocycles. The molecule has 2 N–H and O–H groups in total. The Morgan fingerprint density at radius 1 is 1.33 bits per heavy atom. The predicted molar refractivity (Wildman–Crippen MR) is 64.2 cm³/mol. The molecule has 0 heterocycles. The molecule has 0 spiro atoms.